The third kappa shape index (κ3) is 4.48. The van der Waals surface area contributed by atoms with E-state index in [4.69, 9.17) is 9.16 Å². The molecule has 3 aromatic rings. The zero-order chi connectivity index (χ0) is 24.7. The average Bonchev–Trinajstić information content (AvgIpc) is 3.35. The van der Waals surface area contributed by atoms with Crippen molar-refractivity contribution in [2.75, 3.05) is 5.32 Å². The second kappa shape index (κ2) is 9.14. The molecule has 1 aliphatic heterocycles. The fraction of sp³-hybridized carbons (Fsp3) is 0.522. The Bertz CT molecular complexity index is 1160. The van der Waals surface area contributed by atoms with E-state index in [1.54, 1.807) is 35.1 Å². The van der Waals surface area contributed by atoms with Crippen LogP contribution in [0.4, 0.5) is 5.82 Å². The van der Waals surface area contributed by atoms with E-state index >= 15 is 0 Å². The van der Waals surface area contributed by atoms with Crippen LogP contribution in [-0.4, -0.2) is 62.8 Å². The monoisotopic (exact) mass is 484 g/mol. The Morgan fingerprint density at radius 1 is 1.24 bits per heavy atom. The van der Waals surface area contributed by atoms with Crippen LogP contribution in [0.1, 0.15) is 50.7 Å². The Morgan fingerprint density at radius 3 is 2.59 bits per heavy atom. The molecule has 10 nitrogen and oxygen atoms in total. The third-order valence-corrected chi connectivity index (χ3v) is 11.2. The number of benzene rings is 1. The van der Waals surface area contributed by atoms with E-state index in [9.17, 15) is 9.90 Å². The summed E-state index contributed by atoms with van der Waals surface area (Å²) in [4.78, 5) is 12.6. The Hall–Kier alpha value is -2.73. The van der Waals surface area contributed by atoms with Crippen LogP contribution < -0.4 is 5.32 Å². The molecule has 34 heavy (non-hydrogen) atoms. The number of carbonyl (C=O) groups excluding carboxylic acids is 1. The van der Waals surface area contributed by atoms with Crippen molar-refractivity contribution < 1.29 is 19.1 Å². The number of aliphatic hydroxyl groups is 1. The molecule has 0 spiro atoms. The summed E-state index contributed by atoms with van der Waals surface area (Å²) < 4.78 is 14.4. The first-order valence-corrected chi connectivity index (χ1v) is 14.4. The molecule has 4 rings (SSSR count). The average molecular weight is 485 g/mol. The van der Waals surface area contributed by atoms with E-state index in [0.29, 0.717) is 23.0 Å². The molecule has 0 unspecified atom stereocenters. The van der Waals surface area contributed by atoms with Crippen molar-refractivity contribution in [3.63, 3.8) is 0 Å². The molecule has 0 bridgehead atoms. The first-order valence-electron chi connectivity index (χ1n) is 11.5. The second-order valence-electron chi connectivity index (χ2n) is 10.1. The zero-order valence-corrected chi connectivity index (χ0v) is 21.4. The minimum atomic E-state index is -2.23. The Balaban J connectivity index is 1.68. The fourth-order valence-corrected chi connectivity index (χ4v) is 5.02. The first-order chi connectivity index (χ1) is 16.0. The molecule has 2 N–H and O–H groups in total. The number of aliphatic hydroxyl groups excluding tert-OH is 1. The largest absolute Gasteiger partial charge is 0.406 e. The van der Waals surface area contributed by atoms with Crippen LogP contribution in [0, 0.1) is 0 Å². The maximum Gasteiger partial charge on any atom is 0.256 e. The lowest BCUT2D eigenvalue weighted by atomic mass is 10.1. The van der Waals surface area contributed by atoms with Gasteiger partial charge in [-0.15, -0.1) is 10.2 Å². The lowest BCUT2D eigenvalue weighted by molar-refractivity contribution is -0.0394. The summed E-state index contributed by atoms with van der Waals surface area (Å²) in [5.74, 6) is -0.0644. The summed E-state index contributed by atoms with van der Waals surface area (Å²) in [6.45, 7) is 12.7. The van der Waals surface area contributed by atoms with Crippen molar-refractivity contribution >= 4 is 31.1 Å². The fourth-order valence-electron chi connectivity index (χ4n) is 3.73. The maximum atomic E-state index is 12.6. The van der Waals surface area contributed by atoms with Gasteiger partial charge in [0.1, 0.15) is 12.2 Å². The van der Waals surface area contributed by atoms with Crippen LogP contribution in [0.3, 0.4) is 0 Å². The number of nitrogens with one attached hydrogen (secondary N) is 1. The highest BCUT2D eigenvalue weighted by atomic mass is 28.4. The number of ether oxygens (including phenoxy) is 1. The number of rotatable bonds is 6. The summed E-state index contributed by atoms with van der Waals surface area (Å²) in [6, 6.07) is 8.84. The van der Waals surface area contributed by atoms with Gasteiger partial charge in [0.25, 0.3) is 5.91 Å². The SMILES string of the molecule is CC[C@H]1O[C@@H](n2ncc3c(NC(=O)c4ccccc4)nnnc32)[C@H](O[Si](C)(C)C(C)(C)C)[C@@H]1O. The molecule has 182 valence electrons. The molecule has 1 fully saturated rings. The summed E-state index contributed by atoms with van der Waals surface area (Å²) in [5.41, 5.74) is 0.883. The molecule has 1 aliphatic rings. The Labute approximate surface area is 199 Å². The van der Waals surface area contributed by atoms with Gasteiger partial charge in [0, 0.05) is 5.56 Å². The molecule has 1 saturated heterocycles. The number of hydrogen-bond acceptors (Lipinski definition) is 8. The van der Waals surface area contributed by atoms with Gasteiger partial charge in [-0.2, -0.15) is 5.10 Å². The molecule has 0 saturated carbocycles. The standard InChI is InChI=1S/C23H32N6O4Si/c1-7-16-17(30)18(33-34(5,6)23(2,3)4)22(32-16)29-20-15(13-24-29)19(26-28-27-20)25-21(31)14-11-9-8-10-12-14/h8-13,16-18,22,30H,7H2,1-6H3,(H,25,26,27,31)/t16-,17-,18-,22-/m1/s1. The zero-order valence-electron chi connectivity index (χ0n) is 20.4. The molecule has 0 radical (unpaired) electrons. The van der Waals surface area contributed by atoms with E-state index < -0.39 is 32.9 Å². The van der Waals surface area contributed by atoms with E-state index in [0.717, 1.165) is 0 Å². The quantitative estimate of drug-likeness (QED) is 0.509. The van der Waals surface area contributed by atoms with E-state index in [2.05, 4.69) is 59.7 Å². The molecular weight excluding hydrogens is 452 g/mol. The summed E-state index contributed by atoms with van der Waals surface area (Å²) >= 11 is 0. The third-order valence-electron chi connectivity index (χ3n) is 6.77. The smallest absolute Gasteiger partial charge is 0.256 e. The van der Waals surface area contributed by atoms with Crippen LogP contribution in [0.15, 0.2) is 36.5 Å². The summed E-state index contributed by atoms with van der Waals surface area (Å²) in [7, 11) is -2.23. The molecule has 1 amide bonds. The van der Waals surface area contributed by atoms with Crippen LogP contribution >= 0.6 is 0 Å². The predicted molar refractivity (Wildman–Crippen MR) is 130 cm³/mol. The highest BCUT2D eigenvalue weighted by Gasteiger charge is 2.50. The summed E-state index contributed by atoms with van der Waals surface area (Å²) in [6.07, 6.45) is -0.329. The normalized spacial score (nSPS) is 23.4. The lowest BCUT2D eigenvalue weighted by Gasteiger charge is -2.40. The van der Waals surface area contributed by atoms with Crippen molar-refractivity contribution in [1.82, 2.24) is 25.2 Å². The number of hydrogen-bond donors (Lipinski definition) is 2. The van der Waals surface area contributed by atoms with Gasteiger partial charge in [-0.05, 0) is 41.9 Å². The lowest BCUT2D eigenvalue weighted by Crippen LogP contribution is -2.48. The van der Waals surface area contributed by atoms with Crippen molar-refractivity contribution in [2.24, 2.45) is 0 Å². The van der Waals surface area contributed by atoms with Gasteiger partial charge >= 0.3 is 0 Å². The van der Waals surface area contributed by atoms with Gasteiger partial charge in [-0.1, -0.05) is 45.9 Å². The molecule has 1 aromatic carbocycles. The Morgan fingerprint density at radius 2 is 1.94 bits per heavy atom. The van der Waals surface area contributed by atoms with Crippen molar-refractivity contribution in [2.45, 2.75) is 76.8 Å². The number of amides is 1. The summed E-state index contributed by atoms with van der Waals surface area (Å²) in [5, 5.41) is 30.8. The molecule has 3 heterocycles. The van der Waals surface area contributed by atoms with Gasteiger partial charge < -0.3 is 19.6 Å². The van der Waals surface area contributed by atoms with Gasteiger partial charge in [-0.25, -0.2) is 4.68 Å². The van der Waals surface area contributed by atoms with Crippen molar-refractivity contribution in [3.8, 4) is 0 Å². The van der Waals surface area contributed by atoms with E-state index in [-0.39, 0.29) is 16.8 Å². The van der Waals surface area contributed by atoms with Crippen molar-refractivity contribution in [1.29, 1.82) is 0 Å². The highest BCUT2D eigenvalue weighted by Crippen LogP contribution is 2.42. The topological polar surface area (TPSA) is 124 Å². The molecule has 11 heteroatoms. The van der Waals surface area contributed by atoms with Gasteiger partial charge in [0.05, 0.1) is 17.7 Å². The number of aromatic nitrogens is 5. The molecular formula is C23H32N6O4Si. The molecule has 4 atom stereocenters. The van der Waals surface area contributed by atoms with Gasteiger partial charge in [0.15, 0.2) is 26.0 Å². The Kier molecular flexibility index (Phi) is 6.56. The first kappa shape index (κ1) is 24.4. The molecule has 0 aliphatic carbocycles. The van der Waals surface area contributed by atoms with E-state index in [1.807, 2.05) is 13.0 Å². The minimum Gasteiger partial charge on any atom is -0.406 e. The van der Waals surface area contributed by atoms with Crippen LogP contribution in [0.2, 0.25) is 18.1 Å². The predicted octanol–water partition coefficient (Wildman–Crippen LogP) is 3.53. The maximum absolute atomic E-state index is 12.6. The molecule has 2 aromatic heterocycles. The number of nitrogens with zero attached hydrogens (tertiary/aromatic N) is 5. The van der Waals surface area contributed by atoms with E-state index in [1.165, 1.54) is 0 Å². The van der Waals surface area contributed by atoms with Crippen LogP contribution in [-0.2, 0) is 9.16 Å². The van der Waals surface area contributed by atoms with Crippen molar-refractivity contribution in [3.05, 3.63) is 42.1 Å². The number of carbonyl (C=O) groups is 1. The van der Waals surface area contributed by atoms with Gasteiger partial charge in [-0.3, -0.25) is 4.79 Å². The second-order valence-corrected chi connectivity index (χ2v) is 14.8. The van der Waals surface area contributed by atoms with Gasteiger partial charge in [0.2, 0.25) is 0 Å². The number of fused-ring (bicyclic) bond motifs is 1. The highest BCUT2D eigenvalue weighted by molar-refractivity contribution is 6.74. The minimum absolute atomic E-state index is 0.0492. The number of anilines is 1. The van der Waals surface area contributed by atoms with Crippen LogP contribution in [0.25, 0.3) is 11.0 Å². The van der Waals surface area contributed by atoms with Crippen LogP contribution in [0.5, 0.6) is 0 Å².